The van der Waals surface area contributed by atoms with E-state index in [2.05, 4.69) is 0 Å². The van der Waals surface area contributed by atoms with Crippen molar-refractivity contribution in [1.29, 1.82) is 0 Å². The number of carbonyl (C=O) groups is 1. The van der Waals surface area contributed by atoms with E-state index >= 15 is 0 Å². The normalized spacial score (nSPS) is 17.5. The zero-order valence-electron chi connectivity index (χ0n) is 27.2. The highest BCUT2D eigenvalue weighted by Crippen LogP contribution is 2.44. The second-order valence-corrected chi connectivity index (χ2v) is 12.6. The van der Waals surface area contributed by atoms with E-state index < -0.39 is 71.9 Å². The van der Waals surface area contributed by atoms with E-state index in [4.69, 9.17) is 21.1 Å². The predicted octanol–water partition coefficient (Wildman–Crippen LogP) is 11.1. The van der Waals surface area contributed by atoms with Crippen molar-refractivity contribution < 1.29 is 58.9 Å². The quantitative estimate of drug-likeness (QED) is 0.151. The summed E-state index contributed by atoms with van der Waals surface area (Å²) in [5.41, 5.74) is -1.77. The zero-order chi connectivity index (χ0) is 37.8. The predicted molar refractivity (Wildman–Crippen MR) is 169 cm³/mol. The fraction of sp³-hybridized carbons (Fsp3) is 0.306. The summed E-state index contributed by atoms with van der Waals surface area (Å²) >= 11 is 6.64. The lowest BCUT2D eigenvalue weighted by Crippen LogP contribution is -2.32. The molecule has 1 amide bonds. The fourth-order valence-electron chi connectivity index (χ4n) is 6.21. The van der Waals surface area contributed by atoms with Crippen LogP contribution in [0.15, 0.2) is 66.7 Å². The highest BCUT2D eigenvalue weighted by Gasteiger charge is 2.44. The number of halogens is 10. The van der Waals surface area contributed by atoms with Gasteiger partial charge >= 0.3 is 24.6 Å². The Hall–Kier alpha value is -4.27. The lowest BCUT2D eigenvalue weighted by atomic mass is 9.89. The first-order chi connectivity index (χ1) is 23.6. The molecule has 0 aromatic heterocycles. The summed E-state index contributed by atoms with van der Waals surface area (Å²) in [4.78, 5) is 14.1. The van der Waals surface area contributed by atoms with E-state index in [1.54, 1.807) is 43.3 Å². The Morgan fingerprint density at radius 2 is 1.39 bits per heavy atom. The standard InChI is InChI=1S/C36H29ClF9NO4/c1-17-9-21(32(48)50-4)5-7-27(17)20-6-8-29(37)28(14-20)30-18(2)10-24(34(38,39)40)13-23(30)16-47-19(3)31(51-33(47)49)22-11-25(35(41,42)43)15-26(12-22)36(44,45)46/h5-15,19,31-32,48H,16H2,1-4H3/t19-,31-,32?/m0/s1. The van der Waals surface area contributed by atoms with Crippen molar-refractivity contribution in [3.8, 4) is 22.3 Å². The van der Waals surface area contributed by atoms with Gasteiger partial charge in [0.15, 0.2) is 6.29 Å². The molecule has 0 spiro atoms. The molecule has 3 atom stereocenters. The number of hydrogen-bond donors (Lipinski definition) is 1. The molecule has 272 valence electrons. The number of nitrogens with zero attached hydrogens (tertiary/aromatic N) is 1. The van der Waals surface area contributed by atoms with Gasteiger partial charge in [-0.2, -0.15) is 39.5 Å². The topological polar surface area (TPSA) is 59.0 Å². The molecule has 1 fully saturated rings. The molecule has 1 heterocycles. The maximum atomic E-state index is 14.1. The average molecular weight is 746 g/mol. The van der Waals surface area contributed by atoms with Crippen molar-refractivity contribution in [2.24, 2.45) is 0 Å². The Bertz CT molecular complexity index is 1940. The van der Waals surface area contributed by atoms with Crippen molar-refractivity contribution >= 4 is 17.7 Å². The molecule has 0 bridgehead atoms. The summed E-state index contributed by atoms with van der Waals surface area (Å²) in [7, 11) is 1.33. The van der Waals surface area contributed by atoms with Crippen molar-refractivity contribution in [3.05, 3.63) is 116 Å². The van der Waals surface area contributed by atoms with E-state index in [1.165, 1.54) is 21.0 Å². The van der Waals surface area contributed by atoms with Gasteiger partial charge in [0.1, 0.15) is 6.10 Å². The fourth-order valence-corrected chi connectivity index (χ4v) is 6.42. The zero-order valence-corrected chi connectivity index (χ0v) is 27.9. The van der Waals surface area contributed by atoms with E-state index in [0.717, 1.165) is 22.6 Å². The number of cyclic esters (lactones) is 1. The number of aliphatic hydroxyl groups is 1. The molecule has 1 aliphatic heterocycles. The van der Waals surface area contributed by atoms with E-state index in [0.29, 0.717) is 34.4 Å². The van der Waals surface area contributed by atoms with Gasteiger partial charge in [0.05, 0.1) is 29.3 Å². The number of carbonyl (C=O) groups excluding carboxylic acids is 1. The molecule has 4 aromatic carbocycles. The number of alkyl halides is 9. The molecule has 0 aliphatic carbocycles. The number of aryl methyl sites for hydroxylation is 2. The lowest BCUT2D eigenvalue weighted by Gasteiger charge is -2.25. The van der Waals surface area contributed by atoms with Crippen LogP contribution in [0, 0.1) is 13.8 Å². The van der Waals surface area contributed by atoms with Gasteiger partial charge in [-0.05, 0) is 102 Å². The van der Waals surface area contributed by atoms with E-state index in [-0.39, 0.29) is 27.8 Å². The van der Waals surface area contributed by atoms with Crippen LogP contribution in [0.2, 0.25) is 5.02 Å². The molecule has 1 unspecified atom stereocenters. The number of amides is 1. The van der Waals surface area contributed by atoms with Crippen LogP contribution in [0.25, 0.3) is 22.3 Å². The molecule has 0 saturated carbocycles. The van der Waals surface area contributed by atoms with Gasteiger partial charge in [-0.3, -0.25) is 4.90 Å². The van der Waals surface area contributed by atoms with Gasteiger partial charge in [0, 0.05) is 23.3 Å². The van der Waals surface area contributed by atoms with Gasteiger partial charge in [-0.15, -0.1) is 0 Å². The lowest BCUT2D eigenvalue weighted by molar-refractivity contribution is -0.143. The summed E-state index contributed by atoms with van der Waals surface area (Å²) < 4.78 is 134. The average Bonchev–Trinajstić information content (AvgIpc) is 3.31. The van der Waals surface area contributed by atoms with E-state index in [1.807, 2.05) is 0 Å². The number of hydrogen-bond acceptors (Lipinski definition) is 4. The highest BCUT2D eigenvalue weighted by molar-refractivity contribution is 6.33. The van der Waals surface area contributed by atoms with Crippen LogP contribution < -0.4 is 0 Å². The van der Waals surface area contributed by atoms with Gasteiger partial charge in [0.2, 0.25) is 0 Å². The molecule has 1 saturated heterocycles. The minimum absolute atomic E-state index is 0.0545. The number of methoxy groups -OCH3 is 1. The van der Waals surface area contributed by atoms with Crippen LogP contribution in [0.4, 0.5) is 44.3 Å². The maximum absolute atomic E-state index is 14.1. The Morgan fingerprint density at radius 3 is 1.94 bits per heavy atom. The van der Waals surface area contributed by atoms with Crippen LogP contribution in [0.1, 0.15) is 63.8 Å². The largest absolute Gasteiger partial charge is 0.439 e. The number of benzene rings is 4. The molecule has 51 heavy (non-hydrogen) atoms. The van der Waals surface area contributed by atoms with Crippen molar-refractivity contribution in [3.63, 3.8) is 0 Å². The second-order valence-electron chi connectivity index (χ2n) is 12.2. The maximum Gasteiger partial charge on any atom is 0.416 e. The van der Waals surface area contributed by atoms with Crippen LogP contribution in [-0.2, 0) is 34.5 Å². The first kappa shape index (κ1) is 38.0. The molecule has 15 heteroatoms. The smallest absolute Gasteiger partial charge is 0.416 e. The number of ether oxygens (including phenoxy) is 2. The van der Waals surface area contributed by atoms with Crippen molar-refractivity contribution in [1.82, 2.24) is 4.90 Å². The Kier molecular flexibility index (Phi) is 10.2. The second kappa shape index (κ2) is 13.7. The van der Waals surface area contributed by atoms with Crippen molar-refractivity contribution in [2.45, 2.75) is 64.3 Å². The molecule has 5 rings (SSSR count). The monoisotopic (exact) mass is 745 g/mol. The summed E-state index contributed by atoms with van der Waals surface area (Å²) in [5.74, 6) is 0. The molecule has 1 aliphatic rings. The van der Waals surface area contributed by atoms with Gasteiger partial charge in [0.25, 0.3) is 0 Å². The van der Waals surface area contributed by atoms with Gasteiger partial charge < -0.3 is 14.6 Å². The first-order valence-electron chi connectivity index (χ1n) is 15.2. The Balaban J connectivity index is 1.60. The van der Waals surface area contributed by atoms with Gasteiger partial charge in [-0.1, -0.05) is 35.9 Å². The Morgan fingerprint density at radius 1 is 0.804 bits per heavy atom. The summed E-state index contributed by atoms with van der Waals surface area (Å²) in [6, 6.07) is 11.3. The van der Waals surface area contributed by atoms with Crippen LogP contribution >= 0.6 is 11.6 Å². The van der Waals surface area contributed by atoms with Gasteiger partial charge in [-0.25, -0.2) is 4.79 Å². The van der Waals surface area contributed by atoms with Crippen LogP contribution in [0.5, 0.6) is 0 Å². The highest BCUT2D eigenvalue weighted by atomic mass is 35.5. The number of rotatable bonds is 7. The van der Waals surface area contributed by atoms with Crippen LogP contribution in [0.3, 0.4) is 0 Å². The first-order valence-corrected chi connectivity index (χ1v) is 15.6. The van der Waals surface area contributed by atoms with E-state index in [9.17, 15) is 49.4 Å². The third-order valence-corrected chi connectivity index (χ3v) is 9.05. The van der Waals surface area contributed by atoms with Crippen molar-refractivity contribution in [2.75, 3.05) is 7.11 Å². The summed E-state index contributed by atoms with van der Waals surface area (Å²) in [5, 5.41) is 10.2. The van der Waals surface area contributed by atoms with Crippen LogP contribution in [-0.4, -0.2) is 29.3 Å². The summed E-state index contributed by atoms with van der Waals surface area (Å²) in [6.45, 7) is 3.94. The number of aliphatic hydroxyl groups excluding tert-OH is 1. The molecule has 4 aromatic rings. The molecule has 5 nitrogen and oxygen atoms in total. The molecule has 1 N–H and O–H groups in total. The molecule has 0 radical (unpaired) electrons. The SMILES string of the molecule is COC(O)c1ccc(-c2ccc(Cl)c(-c3c(C)cc(C(F)(F)F)cc3CN3C(=O)O[C@H](c4cc(C(F)(F)F)cc(C(F)(F)F)c4)[C@@H]3C)c2)c(C)c1. The third kappa shape index (κ3) is 7.82. The third-order valence-electron chi connectivity index (χ3n) is 8.72. The minimum atomic E-state index is -5.16. The Labute approximate surface area is 291 Å². The summed E-state index contributed by atoms with van der Waals surface area (Å²) in [6.07, 6.45) is -19.1. The molecular weight excluding hydrogens is 717 g/mol. The molecular formula is C36H29ClF9NO4. The minimum Gasteiger partial charge on any atom is -0.439 e.